The largest absolute Gasteiger partial charge is 0.307 e. The average molecular weight is 473 g/mol. The van der Waals surface area contributed by atoms with Crippen molar-refractivity contribution >= 4 is 28.6 Å². The van der Waals surface area contributed by atoms with E-state index in [2.05, 4.69) is 88.4 Å². The van der Waals surface area contributed by atoms with Gasteiger partial charge in [-0.3, -0.25) is 4.90 Å². The van der Waals surface area contributed by atoms with Gasteiger partial charge in [0.15, 0.2) is 0 Å². The zero-order valence-electron chi connectivity index (χ0n) is 20.6. The molecule has 4 rings (SSSR count). The highest BCUT2D eigenvalue weighted by Crippen LogP contribution is 2.38. The molecule has 6 heteroatoms. The van der Waals surface area contributed by atoms with E-state index >= 15 is 0 Å². The summed E-state index contributed by atoms with van der Waals surface area (Å²) in [6.45, 7) is 18.2. The van der Waals surface area contributed by atoms with Crippen LogP contribution in [0.5, 0.6) is 0 Å². The van der Waals surface area contributed by atoms with E-state index in [-0.39, 0.29) is 16.4 Å². The number of nitrogens with zero attached hydrogens (tertiary/aromatic N) is 4. The van der Waals surface area contributed by atoms with Crippen LogP contribution in [0.15, 0.2) is 30.6 Å². The summed E-state index contributed by atoms with van der Waals surface area (Å²) in [5, 5.41) is 1.13. The first-order chi connectivity index (χ1) is 14.8. The molecule has 3 aromatic rings. The molecule has 1 aliphatic rings. The minimum absolute atomic E-state index is 0.0366. The van der Waals surface area contributed by atoms with Gasteiger partial charge in [-0.05, 0) is 51.3 Å². The van der Waals surface area contributed by atoms with Gasteiger partial charge in [0.05, 0.1) is 16.4 Å². The molecule has 174 valence electrons. The molecule has 0 bridgehead atoms. The summed E-state index contributed by atoms with van der Waals surface area (Å²) in [5.41, 5.74) is 3.40. The standard InChI is InChI=1S/C26H37ClN4S/c1-24(2,3)23-28-19(22(27)32-23)15-26(6,7)31-13-11-18(16-31)14-25(4,5)20-17-30-12-9-8-10-21(30)29-20/h8-10,12,17-18H,11,13-16H2,1-7H3. The molecule has 32 heavy (non-hydrogen) atoms. The maximum Gasteiger partial charge on any atom is 0.136 e. The van der Waals surface area contributed by atoms with Crippen molar-refractivity contribution in [2.75, 3.05) is 13.1 Å². The number of aromatic nitrogens is 3. The van der Waals surface area contributed by atoms with Gasteiger partial charge in [-0.2, -0.15) is 0 Å². The highest BCUT2D eigenvalue weighted by Gasteiger charge is 2.38. The van der Waals surface area contributed by atoms with Gasteiger partial charge in [0.25, 0.3) is 0 Å². The van der Waals surface area contributed by atoms with Crippen LogP contribution in [0, 0.1) is 5.92 Å². The van der Waals surface area contributed by atoms with Crippen molar-refractivity contribution in [2.45, 2.75) is 84.1 Å². The van der Waals surface area contributed by atoms with E-state index in [1.54, 1.807) is 11.3 Å². The molecular weight excluding hydrogens is 436 g/mol. The molecule has 0 saturated carbocycles. The van der Waals surface area contributed by atoms with E-state index in [0.29, 0.717) is 5.92 Å². The number of thiazole rings is 1. The molecule has 0 radical (unpaired) electrons. The zero-order valence-corrected chi connectivity index (χ0v) is 22.1. The maximum absolute atomic E-state index is 6.61. The fraction of sp³-hybridized carbons (Fsp3) is 0.615. The van der Waals surface area contributed by atoms with E-state index in [0.717, 1.165) is 46.6 Å². The molecule has 3 aromatic heterocycles. The Morgan fingerprint density at radius 3 is 2.50 bits per heavy atom. The van der Waals surface area contributed by atoms with Crippen molar-refractivity contribution in [1.29, 1.82) is 0 Å². The quantitative estimate of drug-likeness (QED) is 0.397. The summed E-state index contributed by atoms with van der Waals surface area (Å²) in [6, 6.07) is 6.19. The van der Waals surface area contributed by atoms with Crippen LogP contribution in [-0.4, -0.2) is 37.9 Å². The second kappa shape index (κ2) is 8.41. The Hall–Kier alpha value is -1.43. The van der Waals surface area contributed by atoms with Crippen LogP contribution >= 0.6 is 22.9 Å². The molecule has 1 saturated heterocycles. The Kier molecular flexibility index (Phi) is 6.23. The monoisotopic (exact) mass is 472 g/mol. The molecule has 0 aromatic carbocycles. The third-order valence-corrected chi connectivity index (χ3v) is 8.65. The fourth-order valence-electron chi connectivity index (χ4n) is 4.92. The zero-order chi connectivity index (χ0) is 23.3. The van der Waals surface area contributed by atoms with Crippen molar-refractivity contribution in [1.82, 2.24) is 19.3 Å². The number of halogens is 1. The second-order valence-corrected chi connectivity index (χ2v) is 13.4. The number of pyridine rings is 1. The number of hydrogen-bond donors (Lipinski definition) is 0. The average Bonchev–Trinajstić information content (AvgIpc) is 3.40. The molecule has 1 atom stereocenters. The van der Waals surface area contributed by atoms with E-state index in [1.807, 2.05) is 0 Å². The number of rotatable bonds is 6. The molecule has 1 aliphatic heterocycles. The SMILES string of the molecule is CC(C)(C)c1nc(CC(C)(C)N2CCC(CC(C)(C)c3cn4ccccc4n3)C2)c(Cl)s1. The third-order valence-electron chi connectivity index (χ3n) is 6.89. The lowest BCUT2D eigenvalue weighted by Gasteiger charge is -2.36. The minimum Gasteiger partial charge on any atom is -0.307 e. The van der Waals surface area contributed by atoms with E-state index in [1.165, 1.54) is 12.1 Å². The lowest BCUT2D eigenvalue weighted by Crippen LogP contribution is -2.44. The maximum atomic E-state index is 6.61. The Bertz CT molecular complexity index is 1060. The molecule has 4 heterocycles. The second-order valence-electron chi connectivity index (χ2n) is 11.8. The molecular formula is C26H37ClN4S. The minimum atomic E-state index is 0.0366. The third kappa shape index (κ3) is 4.90. The predicted molar refractivity (Wildman–Crippen MR) is 136 cm³/mol. The highest BCUT2D eigenvalue weighted by molar-refractivity contribution is 7.16. The lowest BCUT2D eigenvalue weighted by atomic mass is 9.80. The first kappa shape index (κ1) is 23.7. The van der Waals surface area contributed by atoms with Crippen LogP contribution in [0.1, 0.15) is 77.7 Å². The van der Waals surface area contributed by atoms with Crippen LogP contribution in [-0.2, 0) is 17.3 Å². The number of likely N-dealkylation sites (tertiary alicyclic amines) is 1. The lowest BCUT2D eigenvalue weighted by molar-refractivity contribution is 0.144. The normalized spacial score (nSPS) is 18.7. The molecule has 0 amide bonds. The van der Waals surface area contributed by atoms with Gasteiger partial charge in [-0.15, -0.1) is 11.3 Å². The highest BCUT2D eigenvalue weighted by atomic mass is 35.5. The molecule has 4 nitrogen and oxygen atoms in total. The van der Waals surface area contributed by atoms with Crippen molar-refractivity contribution in [3.8, 4) is 0 Å². The van der Waals surface area contributed by atoms with Gasteiger partial charge in [0.1, 0.15) is 9.98 Å². The molecule has 0 N–H and O–H groups in total. The summed E-state index contributed by atoms with van der Waals surface area (Å²) in [5.74, 6) is 0.671. The van der Waals surface area contributed by atoms with Gasteiger partial charge in [-0.1, -0.05) is 52.3 Å². The van der Waals surface area contributed by atoms with Crippen molar-refractivity contribution in [2.24, 2.45) is 5.92 Å². The number of hydrogen-bond acceptors (Lipinski definition) is 4. The smallest absolute Gasteiger partial charge is 0.136 e. The van der Waals surface area contributed by atoms with Crippen LogP contribution in [0.25, 0.3) is 5.65 Å². The van der Waals surface area contributed by atoms with Gasteiger partial charge in [-0.25, -0.2) is 9.97 Å². The summed E-state index contributed by atoms with van der Waals surface area (Å²) < 4.78 is 2.98. The Labute approximate surface area is 202 Å². The van der Waals surface area contributed by atoms with Crippen molar-refractivity contribution < 1.29 is 0 Å². The fourth-order valence-corrected chi connectivity index (χ4v) is 6.12. The molecule has 0 aliphatic carbocycles. The van der Waals surface area contributed by atoms with Gasteiger partial charge >= 0.3 is 0 Å². The Balaban J connectivity index is 1.42. The summed E-state index contributed by atoms with van der Waals surface area (Å²) >= 11 is 8.25. The summed E-state index contributed by atoms with van der Waals surface area (Å²) in [4.78, 5) is 12.5. The van der Waals surface area contributed by atoms with Crippen LogP contribution in [0.2, 0.25) is 4.34 Å². The Morgan fingerprint density at radius 1 is 1.09 bits per heavy atom. The first-order valence-corrected chi connectivity index (χ1v) is 12.9. The van der Waals surface area contributed by atoms with Gasteiger partial charge < -0.3 is 4.40 Å². The van der Waals surface area contributed by atoms with Gasteiger partial charge in [0, 0.05) is 41.7 Å². The van der Waals surface area contributed by atoms with Gasteiger partial charge in [0.2, 0.25) is 0 Å². The topological polar surface area (TPSA) is 33.4 Å². The van der Waals surface area contributed by atoms with Crippen molar-refractivity contribution in [3.05, 3.63) is 51.3 Å². The van der Waals surface area contributed by atoms with E-state index in [9.17, 15) is 0 Å². The van der Waals surface area contributed by atoms with E-state index < -0.39 is 0 Å². The van der Waals surface area contributed by atoms with Crippen LogP contribution in [0.3, 0.4) is 0 Å². The predicted octanol–water partition coefficient (Wildman–Crippen LogP) is 6.75. The number of fused-ring (bicyclic) bond motifs is 1. The van der Waals surface area contributed by atoms with Crippen molar-refractivity contribution in [3.63, 3.8) is 0 Å². The Morgan fingerprint density at radius 2 is 1.84 bits per heavy atom. The van der Waals surface area contributed by atoms with E-state index in [4.69, 9.17) is 21.6 Å². The number of imidazole rings is 1. The first-order valence-electron chi connectivity index (χ1n) is 11.7. The molecule has 0 spiro atoms. The van der Waals surface area contributed by atoms with Crippen LogP contribution < -0.4 is 0 Å². The van der Waals surface area contributed by atoms with Crippen LogP contribution in [0.4, 0.5) is 0 Å². The molecule has 1 fully saturated rings. The summed E-state index contributed by atoms with van der Waals surface area (Å²) in [6.07, 6.45) is 7.55. The molecule has 1 unspecified atom stereocenters. The summed E-state index contributed by atoms with van der Waals surface area (Å²) in [7, 11) is 0.